The van der Waals surface area contributed by atoms with E-state index in [9.17, 15) is 13.6 Å². The van der Waals surface area contributed by atoms with Crippen LogP contribution in [-0.2, 0) is 4.79 Å². The number of nitrogens with one attached hydrogen (secondary N) is 1. The van der Waals surface area contributed by atoms with E-state index in [0.717, 1.165) is 18.2 Å². The van der Waals surface area contributed by atoms with Crippen LogP contribution in [0.5, 0.6) is 5.75 Å². The molecule has 17 heavy (non-hydrogen) atoms. The monoisotopic (exact) mass is 243 g/mol. The van der Waals surface area contributed by atoms with Crippen LogP contribution >= 0.6 is 0 Å². The third-order valence-electron chi connectivity index (χ3n) is 1.91. The van der Waals surface area contributed by atoms with Gasteiger partial charge in [-0.25, -0.2) is 8.78 Å². The molecular weight excluding hydrogens is 228 g/mol. The molecule has 0 aliphatic carbocycles. The molecule has 1 amide bonds. The van der Waals surface area contributed by atoms with Gasteiger partial charge in [0.25, 0.3) is 5.91 Å². The largest absolute Gasteiger partial charge is 0.484 e. The number of benzene rings is 1. The molecule has 1 aromatic carbocycles. The quantitative estimate of drug-likeness (QED) is 0.860. The van der Waals surface area contributed by atoms with E-state index >= 15 is 0 Å². The average Bonchev–Trinajstić information content (AvgIpc) is 2.22. The molecule has 5 heteroatoms. The Labute approximate surface area is 98.8 Å². The van der Waals surface area contributed by atoms with Crippen LogP contribution in [0.3, 0.4) is 0 Å². The smallest absolute Gasteiger partial charge is 0.257 e. The fraction of sp³-hybridized carbons (Fsp3) is 0.417. The van der Waals surface area contributed by atoms with Crippen molar-refractivity contribution in [2.45, 2.75) is 13.8 Å². The summed E-state index contributed by atoms with van der Waals surface area (Å²) in [5.74, 6) is -1.44. The number of halogens is 2. The number of hydrogen-bond acceptors (Lipinski definition) is 2. The van der Waals surface area contributed by atoms with Crippen LogP contribution in [0.1, 0.15) is 13.8 Å². The zero-order chi connectivity index (χ0) is 12.8. The molecule has 0 spiro atoms. The minimum atomic E-state index is -0.734. The summed E-state index contributed by atoms with van der Waals surface area (Å²) in [6, 6.07) is 2.79. The fourth-order valence-electron chi connectivity index (χ4n) is 1.13. The molecule has 94 valence electrons. The molecule has 0 bridgehead atoms. The van der Waals surface area contributed by atoms with E-state index < -0.39 is 11.6 Å². The van der Waals surface area contributed by atoms with Crippen LogP contribution in [0, 0.1) is 17.6 Å². The van der Waals surface area contributed by atoms with Gasteiger partial charge in [0.15, 0.2) is 6.61 Å². The lowest BCUT2D eigenvalue weighted by Crippen LogP contribution is -2.31. The summed E-state index contributed by atoms with van der Waals surface area (Å²) in [6.45, 7) is 4.21. The Bertz CT molecular complexity index is 374. The average molecular weight is 243 g/mol. The molecule has 1 N–H and O–H groups in total. The zero-order valence-electron chi connectivity index (χ0n) is 9.80. The maximum Gasteiger partial charge on any atom is 0.257 e. The summed E-state index contributed by atoms with van der Waals surface area (Å²) in [5, 5.41) is 2.63. The number of hydrogen-bond donors (Lipinski definition) is 1. The van der Waals surface area contributed by atoms with E-state index in [4.69, 9.17) is 4.74 Å². The van der Waals surface area contributed by atoms with Crippen molar-refractivity contribution < 1.29 is 18.3 Å². The van der Waals surface area contributed by atoms with Crippen molar-refractivity contribution in [1.82, 2.24) is 5.32 Å². The highest BCUT2D eigenvalue weighted by molar-refractivity contribution is 5.77. The Balaban J connectivity index is 2.42. The highest BCUT2D eigenvalue weighted by atomic mass is 19.1. The number of rotatable bonds is 5. The van der Waals surface area contributed by atoms with Crippen LogP contribution in [0.25, 0.3) is 0 Å². The summed E-state index contributed by atoms with van der Waals surface area (Å²) >= 11 is 0. The topological polar surface area (TPSA) is 38.3 Å². The Morgan fingerprint density at radius 1 is 1.29 bits per heavy atom. The van der Waals surface area contributed by atoms with Crippen LogP contribution in [0.15, 0.2) is 18.2 Å². The predicted octanol–water partition coefficient (Wildman–Crippen LogP) is 2.12. The maximum absolute atomic E-state index is 12.8. The molecule has 0 aromatic heterocycles. The van der Waals surface area contributed by atoms with Gasteiger partial charge in [-0.2, -0.15) is 0 Å². The van der Waals surface area contributed by atoms with Crippen LogP contribution in [0.4, 0.5) is 8.78 Å². The second kappa shape index (κ2) is 6.18. The van der Waals surface area contributed by atoms with Gasteiger partial charge in [-0.1, -0.05) is 13.8 Å². The third-order valence-corrected chi connectivity index (χ3v) is 1.91. The summed E-state index contributed by atoms with van der Waals surface area (Å²) in [6.07, 6.45) is 0. The van der Waals surface area contributed by atoms with E-state index in [1.54, 1.807) is 0 Å². The van der Waals surface area contributed by atoms with Gasteiger partial charge in [0.2, 0.25) is 0 Å². The second-order valence-corrected chi connectivity index (χ2v) is 4.09. The van der Waals surface area contributed by atoms with Crippen LogP contribution in [0.2, 0.25) is 0 Å². The molecule has 3 nitrogen and oxygen atoms in total. The molecule has 0 saturated heterocycles. The molecular formula is C12H15F2NO2. The van der Waals surface area contributed by atoms with Crippen LogP contribution < -0.4 is 10.1 Å². The molecule has 0 radical (unpaired) electrons. The summed E-state index contributed by atoms with van der Waals surface area (Å²) in [4.78, 5) is 11.3. The van der Waals surface area contributed by atoms with Crippen molar-refractivity contribution >= 4 is 5.91 Å². The summed E-state index contributed by atoms with van der Waals surface area (Å²) in [7, 11) is 0. The van der Waals surface area contributed by atoms with Crippen molar-refractivity contribution in [3.63, 3.8) is 0 Å². The van der Waals surface area contributed by atoms with E-state index in [-0.39, 0.29) is 18.3 Å². The van der Waals surface area contributed by atoms with Crippen molar-refractivity contribution in [3.8, 4) is 5.75 Å². The first kappa shape index (κ1) is 13.4. The molecule has 0 atom stereocenters. The van der Waals surface area contributed by atoms with Crippen molar-refractivity contribution in [2.24, 2.45) is 5.92 Å². The molecule has 0 aliphatic rings. The summed E-state index contributed by atoms with van der Waals surface area (Å²) in [5.41, 5.74) is 0. The number of carbonyl (C=O) groups is 1. The SMILES string of the molecule is CC(C)CNC(=O)COc1cc(F)cc(F)c1. The van der Waals surface area contributed by atoms with Gasteiger partial charge in [-0.15, -0.1) is 0 Å². The van der Waals surface area contributed by atoms with Crippen LogP contribution in [-0.4, -0.2) is 19.1 Å². The molecule has 0 fully saturated rings. The van der Waals surface area contributed by atoms with Crippen molar-refractivity contribution in [1.29, 1.82) is 0 Å². The van der Waals surface area contributed by atoms with Gasteiger partial charge in [0.05, 0.1) is 0 Å². The number of amides is 1. The van der Waals surface area contributed by atoms with E-state index in [1.165, 1.54) is 0 Å². The van der Waals surface area contributed by atoms with Crippen molar-refractivity contribution in [2.75, 3.05) is 13.2 Å². The molecule has 0 unspecified atom stereocenters. The van der Waals surface area contributed by atoms with E-state index in [2.05, 4.69) is 5.32 Å². The molecule has 1 aromatic rings. The van der Waals surface area contributed by atoms with Gasteiger partial charge in [-0.3, -0.25) is 4.79 Å². The van der Waals surface area contributed by atoms with E-state index in [1.807, 2.05) is 13.8 Å². The lowest BCUT2D eigenvalue weighted by molar-refractivity contribution is -0.123. The van der Waals surface area contributed by atoms with Gasteiger partial charge < -0.3 is 10.1 Å². The Morgan fingerprint density at radius 3 is 2.41 bits per heavy atom. The van der Waals surface area contributed by atoms with Crippen molar-refractivity contribution in [3.05, 3.63) is 29.8 Å². The maximum atomic E-state index is 12.8. The molecule has 0 saturated carbocycles. The summed E-state index contributed by atoms with van der Waals surface area (Å²) < 4.78 is 30.5. The molecule has 0 heterocycles. The first-order valence-electron chi connectivity index (χ1n) is 5.33. The van der Waals surface area contributed by atoms with Gasteiger partial charge in [-0.05, 0) is 5.92 Å². The third kappa shape index (κ3) is 5.29. The minimum Gasteiger partial charge on any atom is -0.484 e. The number of carbonyl (C=O) groups excluding carboxylic acids is 1. The Kier molecular flexibility index (Phi) is 4.87. The first-order valence-corrected chi connectivity index (χ1v) is 5.33. The normalized spacial score (nSPS) is 10.4. The standard InChI is InChI=1S/C12H15F2NO2/c1-8(2)6-15-12(16)7-17-11-4-9(13)3-10(14)5-11/h3-5,8H,6-7H2,1-2H3,(H,15,16). The van der Waals surface area contributed by atoms with Gasteiger partial charge in [0.1, 0.15) is 17.4 Å². The van der Waals surface area contributed by atoms with E-state index in [0.29, 0.717) is 12.5 Å². The minimum absolute atomic E-state index is 0.00203. The molecule has 1 rings (SSSR count). The second-order valence-electron chi connectivity index (χ2n) is 4.09. The lowest BCUT2D eigenvalue weighted by Gasteiger charge is -2.09. The Hall–Kier alpha value is -1.65. The highest BCUT2D eigenvalue weighted by Gasteiger charge is 2.05. The number of ether oxygens (including phenoxy) is 1. The highest BCUT2D eigenvalue weighted by Crippen LogP contribution is 2.14. The Morgan fingerprint density at radius 2 is 1.88 bits per heavy atom. The lowest BCUT2D eigenvalue weighted by atomic mass is 10.2. The van der Waals surface area contributed by atoms with Gasteiger partial charge >= 0.3 is 0 Å². The van der Waals surface area contributed by atoms with Gasteiger partial charge in [0, 0.05) is 24.7 Å². The predicted molar refractivity (Wildman–Crippen MR) is 59.7 cm³/mol. The zero-order valence-corrected chi connectivity index (χ0v) is 9.80. The fourth-order valence-corrected chi connectivity index (χ4v) is 1.13. The first-order chi connectivity index (χ1) is 7.97. The molecule has 0 aliphatic heterocycles.